The Morgan fingerprint density at radius 2 is 1.20 bits per heavy atom. The summed E-state index contributed by atoms with van der Waals surface area (Å²) in [4.78, 5) is 0. The van der Waals surface area contributed by atoms with Crippen LogP contribution in [0, 0.1) is 0 Å². The molecule has 0 heterocycles. The standard InChI is InChI=1S/Al.Cr.H2OSi.Ti.3H/c;;1-2;;;;/h;;2H2;;;;. The summed E-state index contributed by atoms with van der Waals surface area (Å²) in [5.74, 6) is 0. The van der Waals surface area contributed by atoms with Gasteiger partial charge in [-0.3, -0.25) is 0 Å². The fourth-order valence-electron chi connectivity index (χ4n) is 0. The maximum Gasteiger partial charge on any atom is 0.245 e. The molecule has 0 radical (unpaired) electrons. The van der Waals surface area contributed by atoms with E-state index in [1.54, 1.807) is 0 Å². The van der Waals surface area contributed by atoms with Gasteiger partial charge >= 0.3 is 0 Å². The van der Waals surface area contributed by atoms with Crippen LogP contribution in [0.3, 0.4) is 0 Å². The van der Waals surface area contributed by atoms with E-state index in [1.807, 2.05) is 0 Å². The van der Waals surface area contributed by atoms with Crippen molar-refractivity contribution in [3.8, 4) is 0 Å². The molecule has 0 aliphatic heterocycles. The van der Waals surface area contributed by atoms with Crippen LogP contribution in [0.25, 0.3) is 0 Å². The van der Waals surface area contributed by atoms with Crippen LogP contribution in [-0.4, -0.2) is 27.5 Å². The second-order valence-corrected chi connectivity index (χ2v) is 0. The molecule has 0 spiro atoms. The Labute approximate surface area is 70.5 Å². The average Bonchev–Trinajstić information content (AvgIpc) is 1.00. The molecule has 0 unspecified atom stereocenters. The van der Waals surface area contributed by atoms with Gasteiger partial charge in [-0.1, -0.05) is 0 Å². The second kappa shape index (κ2) is 41.3. The molecule has 1 nitrogen and oxygen atoms in total. The molecule has 0 N–H and O–H groups in total. The molecule has 0 aromatic heterocycles. The molecule has 0 rings (SSSR count). The third-order valence-corrected chi connectivity index (χ3v) is 0. The Bertz CT molecular complexity index is 11.6. The van der Waals surface area contributed by atoms with E-state index in [-0.39, 0.29) is 56.4 Å². The summed E-state index contributed by atoms with van der Waals surface area (Å²) in [6, 6.07) is 0. The van der Waals surface area contributed by atoms with Crippen LogP contribution >= 0.6 is 0 Å². The van der Waals surface area contributed by atoms with Crippen molar-refractivity contribution in [3.05, 3.63) is 0 Å². The maximum atomic E-state index is 8.28. The Morgan fingerprint density at radius 3 is 1.20 bits per heavy atom. The summed E-state index contributed by atoms with van der Waals surface area (Å²) in [5.41, 5.74) is 0. The van der Waals surface area contributed by atoms with E-state index >= 15 is 0 Å². The molecule has 0 aromatic carbocycles. The van der Waals surface area contributed by atoms with Gasteiger partial charge in [-0.25, -0.2) is 0 Å². The SMILES string of the molecule is O=[SiH2].[AlH3].[Cr].[Ti]. The first kappa shape index (κ1) is 29.2. The van der Waals surface area contributed by atoms with Crippen LogP contribution in [0.2, 0.25) is 0 Å². The van der Waals surface area contributed by atoms with Crippen LogP contribution in [0.1, 0.15) is 0 Å². The van der Waals surface area contributed by atoms with Gasteiger partial charge in [-0.05, 0) is 0 Å². The van der Waals surface area contributed by atoms with E-state index in [0.717, 1.165) is 0 Å². The molecule has 5 heavy (non-hydrogen) atoms. The average molecular weight is 176 g/mol. The van der Waals surface area contributed by atoms with Gasteiger partial charge < -0.3 is 4.46 Å². The molecule has 0 aliphatic carbocycles. The van der Waals surface area contributed by atoms with Crippen LogP contribution in [0.5, 0.6) is 0 Å². The van der Waals surface area contributed by atoms with Crippen LogP contribution in [0.4, 0.5) is 0 Å². The minimum absolute atomic E-state index is 0. The first-order valence-electron chi connectivity index (χ1n) is 0.289. The quantitative estimate of drug-likeness (QED) is 0.382. The Hall–Kier alpha value is 1.80. The summed E-state index contributed by atoms with van der Waals surface area (Å²) >= 11 is 0. The Balaban J connectivity index is -0.00000000167. The van der Waals surface area contributed by atoms with Crippen LogP contribution in [0.15, 0.2) is 0 Å². The van der Waals surface area contributed by atoms with Crippen molar-refractivity contribution in [2.45, 2.75) is 0 Å². The molecule has 0 saturated heterocycles. The van der Waals surface area contributed by atoms with Gasteiger partial charge in [0.1, 0.15) is 0 Å². The molecule has 0 aliphatic rings. The molecule has 0 aromatic rings. The summed E-state index contributed by atoms with van der Waals surface area (Å²) in [7, 11) is 0.611. The zero-order chi connectivity index (χ0) is 2.00. The summed E-state index contributed by atoms with van der Waals surface area (Å²) in [6.07, 6.45) is 0. The normalized spacial score (nSPS) is 0.800. The van der Waals surface area contributed by atoms with E-state index < -0.39 is 0 Å². The van der Waals surface area contributed by atoms with Gasteiger partial charge in [0, 0.05) is 39.1 Å². The zero-order valence-corrected chi connectivity index (χ0v) is 6.27. The monoisotopic (exact) mass is 176 g/mol. The van der Waals surface area contributed by atoms with Crippen LogP contribution in [-0.2, 0) is 43.5 Å². The van der Waals surface area contributed by atoms with Gasteiger partial charge in [0.15, 0.2) is 17.4 Å². The topological polar surface area (TPSA) is 17.1 Å². The van der Waals surface area contributed by atoms with Crippen molar-refractivity contribution < 1.29 is 43.5 Å². The smallest absolute Gasteiger partial charge is 0.245 e. The number of hydrogen-bond donors (Lipinski definition) is 0. The summed E-state index contributed by atoms with van der Waals surface area (Å²) in [5, 5.41) is 0. The van der Waals surface area contributed by atoms with Crippen molar-refractivity contribution in [1.29, 1.82) is 0 Å². The van der Waals surface area contributed by atoms with E-state index in [0.29, 0.717) is 10.1 Å². The fraction of sp³-hybridized carbons (Fsp3) is 0. The van der Waals surface area contributed by atoms with Crippen molar-refractivity contribution in [3.63, 3.8) is 0 Å². The second-order valence-electron chi connectivity index (χ2n) is 0. The summed E-state index contributed by atoms with van der Waals surface area (Å²) in [6.45, 7) is 0. The molecule has 28 valence electrons. The molecule has 0 bridgehead atoms. The maximum absolute atomic E-state index is 8.28. The van der Waals surface area contributed by atoms with Crippen molar-refractivity contribution in [1.82, 2.24) is 0 Å². The molecule has 0 atom stereocenters. The van der Waals surface area contributed by atoms with Gasteiger partial charge in [-0.15, -0.1) is 0 Å². The zero-order valence-electron chi connectivity index (χ0n) is 2.02. The minimum atomic E-state index is 0. The number of hydrogen-bond acceptors (Lipinski definition) is 1. The Kier molecular flexibility index (Phi) is 241. The molecular weight excluding hydrogens is 171 g/mol. The van der Waals surface area contributed by atoms with Gasteiger partial charge in [-0.2, -0.15) is 0 Å². The van der Waals surface area contributed by atoms with Gasteiger partial charge in [0.05, 0.1) is 0 Å². The first-order chi connectivity index (χ1) is 1.00. The molecule has 0 fully saturated rings. The molecule has 0 amide bonds. The van der Waals surface area contributed by atoms with Crippen molar-refractivity contribution >= 4 is 27.5 Å². The molecular formula is H5AlCrOSiTi. The molecule has 5 heteroatoms. The fourth-order valence-corrected chi connectivity index (χ4v) is 0. The number of rotatable bonds is 0. The van der Waals surface area contributed by atoms with E-state index in [1.165, 1.54) is 0 Å². The third kappa shape index (κ3) is 25.9. The van der Waals surface area contributed by atoms with E-state index in [4.69, 9.17) is 4.46 Å². The molecule has 0 saturated carbocycles. The minimum Gasteiger partial charge on any atom is -0.396 e. The van der Waals surface area contributed by atoms with Crippen molar-refractivity contribution in [2.75, 3.05) is 0 Å². The Morgan fingerprint density at radius 1 is 1.20 bits per heavy atom. The first-order valence-corrected chi connectivity index (χ1v) is 0.866. The van der Waals surface area contributed by atoms with Gasteiger partial charge in [0.25, 0.3) is 0 Å². The predicted molar refractivity (Wildman–Crippen MR) is 19.2 cm³/mol. The largest absolute Gasteiger partial charge is 0.396 e. The van der Waals surface area contributed by atoms with E-state index in [9.17, 15) is 0 Å². The predicted octanol–water partition coefficient (Wildman–Crippen LogP) is -2.22. The summed E-state index contributed by atoms with van der Waals surface area (Å²) < 4.78 is 8.28. The van der Waals surface area contributed by atoms with Crippen molar-refractivity contribution in [2.24, 2.45) is 0 Å². The van der Waals surface area contributed by atoms with E-state index in [2.05, 4.69) is 0 Å². The van der Waals surface area contributed by atoms with Crippen LogP contribution < -0.4 is 0 Å². The third-order valence-electron chi connectivity index (χ3n) is 0. The van der Waals surface area contributed by atoms with Gasteiger partial charge in [0.2, 0.25) is 10.1 Å².